The van der Waals surface area contributed by atoms with Crippen LogP contribution in [0.1, 0.15) is 29.0 Å². The summed E-state index contributed by atoms with van der Waals surface area (Å²) >= 11 is 0. The smallest absolute Gasteiger partial charge is 0.289 e. The number of likely N-dealkylation sites (tertiary alicyclic amines) is 1. The van der Waals surface area contributed by atoms with Gasteiger partial charge in [-0.2, -0.15) is 0 Å². The molecule has 1 aliphatic carbocycles. The molecule has 6 nitrogen and oxygen atoms in total. The van der Waals surface area contributed by atoms with Crippen molar-refractivity contribution in [2.24, 2.45) is 17.6 Å². The Morgan fingerprint density at radius 3 is 2.65 bits per heavy atom. The molecule has 4 rings (SSSR count). The summed E-state index contributed by atoms with van der Waals surface area (Å²) in [6, 6.07) is 9.95. The van der Waals surface area contributed by atoms with Gasteiger partial charge < -0.3 is 15.1 Å². The van der Waals surface area contributed by atoms with Crippen molar-refractivity contribution in [2.45, 2.75) is 29.5 Å². The summed E-state index contributed by atoms with van der Waals surface area (Å²) < 4.78 is 30.6. The van der Waals surface area contributed by atoms with Crippen LogP contribution in [-0.4, -0.2) is 38.4 Å². The monoisotopic (exact) mass is 374 g/mol. The van der Waals surface area contributed by atoms with Gasteiger partial charge in [-0.3, -0.25) is 4.79 Å². The number of sulfone groups is 1. The molecule has 138 valence electrons. The highest BCUT2D eigenvalue weighted by atomic mass is 32.2. The van der Waals surface area contributed by atoms with Crippen LogP contribution in [0, 0.1) is 11.8 Å². The summed E-state index contributed by atoms with van der Waals surface area (Å²) in [5.74, 6) is 0.410. The van der Waals surface area contributed by atoms with Gasteiger partial charge in [0.25, 0.3) is 5.91 Å². The van der Waals surface area contributed by atoms with Gasteiger partial charge in [0.05, 0.1) is 16.9 Å². The summed E-state index contributed by atoms with van der Waals surface area (Å²) in [7, 11) is -3.54. The van der Waals surface area contributed by atoms with Gasteiger partial charge in [-0.1, -0.05) is 18.2 Å². The highest BCUT2D eigenvalue weighted by molar-refractivity contribution is 7.90. The summed E-state index contributed by atoms with van der Waals surface area (Å²) in [5, 5.41) is 0. The molecule has 0 bridgehead atoms. The first-order chi connectivity index (χ1) is 12.5. The predicted molar refractivity (Wildman–Crippen MR) is 96.1 cm³/mol. The lowest BCUT2D eigenvalue weighted by Crippen LogP contribution is -2.33. The predicted octanol–water partition coefficient (Wildman–Crippen LogP) is 2.06. The van der Waals surface area contributed by atoms with Gasteiger partial charge in [0.2, 0.25) is 0 Å². The van der Waals surface area contributed by atoms with E-state index in [1.807, 2.05) is 0 Å². The molecule has 2 aromatic rings. The summed E-state index contributed by atoms with van der Waals surface area (Å²) in [6.45, 7) is 1.29. The molecule has 2 N–H and O–H groups in total. The Kier molecular flexibility index (Phi) is 4.36. The zero-order valence-corrected chi connectivity index (χ0v) is 15.2. The van der Waals surface area contributed by atoms with Crippen LogP contribution in [-0.2, 0) is 15.6 Å². The van der Waals surface area contributed by atoms with E-state index >= 15 is 0 Å². The minimum Gasteiger partial charge on any atom is -0.459 e. The van der Waals surface area contributed by atoms with Gasteiger partial charge in [-0.15, -0.1) is 0 Å². The van der Waals surface area contributed by atoms with E-state index in [1.54, 1.807) is 41.3 Å². The SMILES string of the molecule is NC1CCC2CN(C(=O)c3occc3CS(=O)(=O)c3ccccc3)CC12. The van der Waals surface area contributed by atoms with E-state index in [-0.39, 0.29) is 28.4 Å². The Bertz CT molecular complexity index is 907. The quantitative estimate of drug-likeness (QED) is 0.884. The Morgan fingerprint density at radius 1 is 1.15 bits per heavy atom. The van der Waals surface area contributed by atoms with Gasteiger partial charge in [-0.25, -0.2) is 8.42 Å². The van der Waals surface area contributed by atoms with Crippen LogP contribution in [0.25, 0.3) is 0 Å². The van der Waals surface area contributed by atoms with Crippen LogP contribution < -0.4 is 5.73 Å². The van der Waals surface area contributed by atoms with Crippen molar-refractivity contribution in [3.05, 3.63) is 54.0 Å². The first-order valence-corrected chi connectivity index (χ1v) is 10.5. The maximum Gasteiger partial charge on any atom is 0.289 e. The minimum absolute atomic E-state index is 0.123. The average molecular weight is 374 g/mol. The molecule has 0 spiro atoms. The molecule has 0 radical (unpaired) electrons. The third-order valence-electron chi connectivity index (χ3n) is 5.59. The number of carbonyl (C=O) groups is 1. The van der Waals surface area contributed by atoms with Crippen molar-refractivity contribution < 1.29 is 17.6 Å². The highest BCUT2D eigenvalue weighted by Crippen LogP contribution is 2.38. The number of rotatable bonds is 4. The van der Waals surface area contributed by atoms with E-state index in [4.69, 9.17) is 10.2 Å². The molecule has 1 saturated carbocycles. The third kappa shape index (κ3) is 3.05. The summed E-state index contributed by atoms with van der Waals surface area (Å²) in [6.07, 6.45) is 3.44. The molecule has 2 aliphatic rings. The topological polar surface area (TPSA) is 93.6 Å². The van der Waals surface area contributed by atoms with E-state index in [1.165, 1.54) is 6.26 Å². The average Bonchev–Trinajstić information content (AvgIpc) is 3.33. The van der Waals surface area contributed by atoms with E-state index < -0.39 is 9.84 Å². The van der Waals surface area contributed by atoms with Crippen molar-refractivity contribution in [1.82, 2.24) is 4.90 Å². The second-order valence-electron chi connectivity index (χ2n) is 7.22. The molecule has 3 unspecified atom stereocenters. The molecule has 1 aliphatic heterocycles. The number of hydrogen-bond donors (Lipinski definition) is 1. The molecular weight excluding hydrogens is 352 g/mol. The van der Waals surface area contributed by atoms with Gasteiger partial charge in [0.15, 0.2) is 15.6 Å². The van der Waals surface area contributed by atoms with Gasteiger partial charge in [0.1, 0.15) is 0 Å². The Labute approximate surface area is 152 Å². The number of benzene rings is 1. The molecule has 1 amide bonds. The summed E-state index contributed by atoms with van der Waals surface area (Å²) in [5.41, 5.74) is 6.54. The van der Waals surface area contributed by atoms with Crippen molar-refractivity contribution in [1.29, 1.82) is 0 Å². The summed E-state index contributed by atoms with van der Waals surface area (Å²) in [4.78, 5) is 14.9. The number of fused-ring (bicyclic) bond motifs is 1. The number of amides is 1. The molecule has 1 aromatic carbocycles. The molecule has 2 fully saturated rings. The highest BCUT2D eigenvalue weighted by Gasteiger charge is 2.43. The Balaban J connectivity index is 1.53. The van der Waals surface area contributed by atoms with Gasteiger partial charge in [0, 0.05) is 24.7 Å². The van der Waals surface area contributed by atoms with Gasteiger partial charge in [-0.05, 0) is 42.9 Å². The van der Waals surface area contributed by atoms with Crippen LogP contribution in [0.4, 0.5) is 0 Å². The number of nitrogens with zero attached hydrogens (tertiary/aromatic N) is 1. The van der Waals surface area contributed by atoms with E-state index in [0.717, 1.165) is 12.8 Å². The lowest BCUT2D eigenvalue weighted by Gasteiger charge is -2.18. The largest absolute Gasteiger partial charge is 0.459 e. The van der Waals surface area contributed by atoms with Crippen molar-refractivity contribution in [3.63, 3.8) is 0 Å². The molecule has 3 atom stereocenters. The van der Waals surface area contributed by atoms with E-state index in [0.29, 0.717) is 30.5 Å². The Morgan fingerprint density at radius 2 is 1.92 bits per heavy atom. The molecule has 1 saturated heterocycles. The molecular formula is C19H22N2O4S. The van der Waals surface area contributed by atoms with E-state index in [2.05, 4.69) is 0 Å². The molecule has 2 heterocycles. The molecule has 26 heavy (non-hydrogen) atoms. The first-order valence-electron chi connectivity index (χ1n) is 8.85. The van der Waals surface area contributed by atoms with Gasteiger partial charge >= 0.3 is 0 Å². The van der Waals surface area contributed by atoms with Crippen LogP contribution >= 0.6 is 0 Å². The minimum atomic E-state index is -3.54. The van der Waals surface area contributed by atoms with Crippen LogP contribution in [0.15, 0.2) is 52.0 Å². The lowest BCUT2D eigenvalue weighted by molar-refractivity contribution is 0.0747. The number of hydrogen-bond acceptors (Lipinski definition) is 5. The van der Waals surface area contributed by atoms with Crippen LogP contribution in [0.3, 0.4) is 0 Å². The molecule has 7 heteroatoms. The fourth-order valence-corrected chi connectivity index (χ4v) is 5.55. The van der Waals surface area contributed by atoms with Crippen LogP contribution in [0.2, 0.25) is 0 Å². The number of nitrogens with two attached hydrogens (primary N) is 1. The van der Waals surface area contributed by atoms with E-state index in [9.17, 15) is 13.2 Å². The zero-order valence-electron chi connectivity index (χ0n) is 14.4. The van der Waals surface area contributed by atoms with Crippen molar-refractivity contribution in [3.8, 4) is 0 Å². The van der Waals surface area contributed by atoms with Crippen LogP contribution in [0.5, 0.6) is 0 Å². The maximum atomic E-state index is 12.9. The number of carbonyl (C=O) groups excluding carboxylic acids is 1. The Hall–Kier alpha value is -2.12. The fraction of sp³-hybridized carbons (Fsp3) is 0.421. The first kappa shape index (κ1) is 17.3. The maximum absolute atomic E-state index is 12.9. The van der Waals surface area contributed by atoms with Crippen molar-refractivity contribution >= 4 is 15.7 Å². The normalized spacial score (nSPS) is 25.4. The second kappa shape index (κ2) is 6.55. The third-order valence-corrected chi connectivity index (χ3v) is 7.27. The molecule has 1 aromatic heterocycles. The van der Waals surface area contributed by atoms with Crippen molar-refractivity contribution in [2.75, 3.05) is 13.1 Å². The lowest BCUT2D eigenvalue weighted by atomic mass is 9.98. The fourth-order valence-electron chi connectivity index (χ4n) is 4.17. The standard InChI is InChI=1S/C19H22N2O4S/c20-17-7-6-13-10-21(11-16(13)17)19(22)18-14(8-9-25-18)12-26(23,24)15-4-2-1-3-5-15/h1-5,8-9,13,16-17H,6-7,10-12,20H2. The second-order valence-corrected chi connectivity index (χ2v) is 9.21. The zero-order chi connectivity index (χ0) is 18.3. The number of furan rings is 1.